The van der Waals surface area contributed by atoms with Crippen molar-refractivity contribution in [2.45, 2.75) is 37.5 Å². The van der Waals surface area contributed by atoms with Gasteiger partial charge in [-0.3, -0.25) is 18.9 Å². The van der Waals surface area contributed by atoms with E-state index in [4.69, 9.17) is 0 Å². The summed E-state index contributed by atoms with van der Waals surface area (Å²) in [5.74, 6) is -0.293. The van der Waals surface area contributed by atoms with Gasteiger partial charge in [0.1, 0.15) is 11.2 Å². The maximum Gasteiger partial charge on any atom is 0.277 e. The summed E-state index contributed by atoms with van der Waals surface area (Å²) in [6.45, 7) is 8.51. The molecular formula is C39H39N5O4S. The Bertz CT molecular complexity index is 1990. The van der Waals surface area contributed by atoms with Crippen molar-refractivity contribution in [2.24, 2.45) is 0 Å². The quantitative estimate of drug-likeness (QED) is 0.129. The molecule has 0 aliphatic carbocycles. The van der Waals surface area contributed by atoms with Crippen LogP contribution >= 0.6 is 0 Å². The first-order valence-corrected chi connectivity index (χ1v) is 17.7. The van der Waals surface area contributed by atoms with Crippen molar-refractivity contribution in [2.75, 3.05) is 11.4 Å². The van der Waals surface area contributed by atoms with Crippen LogP contribution in [-0.4, -0.2) is 41.9 Å². The molecular weight excluding hydrogens is 635 g/mol. The largest absolute Gasteiger partial charge is 0.346 e. The molecule has 6 rings (SSSR count). The Balaban J connectivity index is 1.62. The Kier molecular flexibility index (Phi) is 9.53. The summed E-state index contributed by atoms with van der Waals surface area (Å²) in [4.78, 5) is 30.5. The van der Waals surface area contributed by atoms with Crippen LogP contribution in [0.2, 0.25) is 0 Å². The summed E-state index contributed by atoms with van der Waals surface area (Å²) in [7, 11) is -3.95. The van der Waals surface area contributed by atoms with Gasteiger partial charge < -0.3 is 10.2 Å². The summed E-state index contributed by atoms with van der Waals surface area (Å²) < 4.78 is 30.9. The lowest BCUT2D eigenvalue weighted by molar-refractivity contribution is -0.110. The van der Waals surface area contributed by atoms with Crippen molar-refractivity contribution < 1.29 is 13.2 Å². The fourth-order valence-electron chi connectivity index (χ4n) is 6.87. The first-order chi connectivity index (χ1) is 23.7. The number of anilines is 1. The molecule has 2 N–H and O–H groups in total. The number of carbonyl (C=O) groups excluding carboxylic acids is 1. The van der Waals surface area contributed by atoms with Gasteiger partial charge in [-0.05, 0) is 48.2 Å². The van der Waals surface area contributed by atoms with Gasteiger partial charge in [0.05, 0.1) is 18.5 Å². The van der Waals surface area contributed by atoms with E-state index in [9.17, 15) is 18.0 Å². The van der Waals surface area contributed by atoms with Crippen molar-refractivity contribution in [3.05, 3.63) is 184 Å². The average Bonchev–Trinajstić information content (AvgIpc) is 3.35. The van der Waals surface area contributed by atoms with Gasteiger partial charge >= 0.3 is 0 Å². The third-order valence-corrected chi connectivity index (χ3v) is 10.4. The van der Waals surface area contributed by atoms with Crippen LogP contribution in [0.1, 0.15) is 41.2 Å². The van der Waals surface area contributed by atoms with Crippen molar-refractivity contribution in [3.8, 4) is 0 Å². The van der Waals surface area contributed by atoms with Crippen molar-refractivity contribution in [3.63, 3.8) is 0 Å². The molecule has 1 amide bonds. The van der Waals surface area contributed by atoms with Gasteiger partial charge in [0.15, 0.2) is 6.29 Å². The number of rotatable bonds is 12. The zero-order chi connectivity index (χ0) is 34.6. The van der Waals surface area contributed by atoms with Gasteiger partial charge in [0.25, 0.3) is 5.56 Å². The SMILES string of the molecule is C=C1C(C)N(CNC=O)C(n2c(C)ccc(NS(=O)(=O)Cc3ccccc3)c2=O)N1C(c1ccccc1)(c1ccccc1)c1ccccc1. The Labute approximate surface area is 287 Å². The second-order valence-electron chi connectivity index (χ2n) is 12.1. The normalized spacial score (nSPS) is 16.8. The van der Waals surface area contributed by atoms with E-state index in [-0.39, 0.29) is 24.2 Å². The second kappa shape index (κ2) is 14.0. The van der Waals surface area contributed by atoms with E-state index in [1.165, 1.54) is 6.07 Å². The molecule has 1 saturated heterocycles. The Morgan fingerprint density at radius 2 is 1.27 bits per heavy atom. The molecule has 1 aromatic heterocycles. The molecule has 2 atom stereocenters. The standard InChI is InChI=1S/C39H39N5O4S/c1-29-24-25-36(41-49(47,48)26-32-16-8-4-9-17-32)37(46)43(29)38-42(27-40-28-45)30(2)31(3)44(38)39(33-18-10-5-11-19-33,34-20-12-6-13-21-34)35-22-14-7-15-23-35/h4-25,28,30,38,41H,3,26-27H2,1-2H3,(H,40,45). The maximum atomic E-state index is 14.7. The van der Waals surface area contributed by atoms with Crippen LogP contribution in [0.3, 0.4) is 0 Å². The zero-order valence-electron chi connectivity index (χ0n) is 27.4. The number of sulfonamides is 1. The van der Waals surface area contributed by atoms with Crippen LogP contribution in [-0.2, 0) is 26.1 Å². The third kappa shape index (κ3) is 6.28. The average molecular weight is 674 g/mol. The van der Waals surface area contributed by atoms with Crippen LogP contribution in [0.4, 0.5) is 5.69 Å². The zero-order valence-corrected chi connectivity index (χ0v) is 28.3. The van der Waals surface area contributed by atoms with Crippen LogP contribution in [0.15, 0.2) is 151 Å². The van der Waals surface area contributed by atoms with Crippen LogP contribution in [0.25, 0.3) is 0 Å². The summed E-state index contributed by atoms with van der Waals surface area (Å²) >= 11 is 0. The van der Waals surface area contributed by atoms with Crippen molar-refractivity contribution in [1.29, 1.82) is 0 Å². The third-order valence-electron chi connectivity index (χ3n) is 9.13. The summed E-state index contributed by atoms with van der Waals surface area (Å²) in [5.41, 5.74) is 3.04. The fourth-order valence-corrected chi connectivity index (χ4v) is 8.06. The van der Waals surface area contributed by atoms with Crippen LogP contribution < -0.4 is 15.6 Å². The first kappa shape index (κ1) is 33.5. The topological polar surface area (TPSA) is 104 Å². The fraction of sp³-hybridized carbons (Fsp3) is 0.179. The highest BCUT2D eigenvalue weighted by molar-refractivity contribution is 7.91. The molecule has 1 fully saturated rings. The predicted molar refractivity (Wildman–Crippen MR) is 193 cm³/mol. The number of benzene rings is 4. The highest BCUT2D eigenvalue weighted by Gasteiger charge is 2.54. The minimum Gasteiger partial charge on any atom is -0.346 e. The molecule has 49 heavy (non-hydrogen) atoms. The molecule has 0 radical (unpaired) electrons. The first-order valence-electron chi connectivity index (χ1n) is 16.0. The summed E-state index contributed by atoms with van der Waals surface area (Å²) in [5, 5.41) is 2.80. The molecule has 5 aromatic rings. The number of carbonyl (C=O) groups is 1. The monoisotopic (exact) mass is 673 g/mol. The second-order valence-corrected chi connectivity index (χ2v) is 13.8. The Morgan fingerprint density at radius 1 is 0.776 bits per heavy atom. The summed E-state index contributed by atoms with van der Waals surface area (Å²) in [6, 6.07) is 41.8. The van der Waals surface area contributed by atoms with Crippen molar-refractivity contribution >= 4 is 22.1 Å². The highest BCUT2D eigenvalue weighted by Crippen LogP contribution is 2.52. The maximum absolute atomic E-state index is 14.7. The van der Waals surface area contributed by atoms with E-state index in [2.05, 4.69) is 57.9 Å². The van der Waals surface area contributed by atoms with E-state index in [1.54, 1.807) is 34.9 Å². The molecule has 4 aromatic carbocycles. The Morgan fingerprint density at radius 3 is 1.76 bits per heavy atom. The molecule has 250 valence electrons. The van der Waals surface area contributed by atoms with Crippen LogP contribution in [0, 0.1) is 6.92 Å². The molecule has 1 aliphatic heterocycles. The van der Waals surface area contributed by atoms with Crippen LogP contribution in [0.5, 0.6) is 0 Å². The molecule has 0 spiro atoms. The number of hydrogen-bond acceptors (Lipinski definition) is 6. The number of nitrogens with zero attached hydrogens (tertiary/aromatic N) is 3. The molecule has 10 heteroatoms. The number of amides is 1. The van der Waals surface area contributed by atoms with E-state index >= 15 is 0 Å². The van der Waals surface area contributed by atoms with E-state index in [0.29, 0.717) is 23.4 Å². The number of aryl methyl sites for hydroxylation is 1. The lowest BCUT2D eigenvalue weighted by atomic mass is 9.75. The molecule has 2 unspecified atom stereocenters. The van der Waals surface area contributed by atoms with Gasteiger partial charge in [-0.2, -0.15) is 0 Å². The highest BCUT2D eigenvalue weighted by atomic mass is 32.2. The van der Waals surface area contributed by atoms with E-state index in [0.717, 1.165) is 16.7 Å². The lowest BCUT2D eigenvalue weighted by Crippen LogP contribution is -2.53. The number of aromatic nitrogens is 1. The smallest absolute Gasteiger partial charge is 0.277 e. The molecule has 0 bridgehead atoms. The van der Waals surface area contributed by atoms with Gasteiger partial charge in [0.2, 0.25) is 16.4 Å². The Hall–Kier alpha value is -5.45. The van der Waals surface area contributed by atoms with E-state index in [1.807, 2.05) is 79.4 Å². The number of pyridine rings is 1. The minimum atomic E-state index is -3.95. The van der Waals surface area contributed by atoms with Gasteiger partial charge in [0, 0.05) is 11.4 Å². The molecule has 2 heterocycles. The van der Waals surface area contributed by atoms with Crippen molar-refractivity contribution in [1.82, 2.24) is 19.7 Å². The number of nitrogens with one attached hydrogen (secondary N) is 2. The van der Waals surface area contributed by atoms with Gasteiger partial charge in [-0.15, -0.1) is 0 Å². The lowest BCUT2D eigenvalue weighted by Gasteiger charge is -2.49. The summed E-state index contributed by atoms with van der Waals surface area (Å²) in [6.07, 6.45) is -0.237. The van der Waals surface area contributed by atoms with Gasteiger partial charge in [-0.1, -0.05) is 128 Å². The predicted octanol–water partition coefficient (Wildman–Crippen LogP) is 5.77. The minimum absolute atomic E-state index is 0.0836. The van der Waals surface area contributed by atoms with Gasteiger partial charge in [-0.25, -0.2) is 13.3 Å². The van der Waals surface area contributed by atoms with E-state index < -0.39 is 27.4 Å². The number of hydrogen-bond donors (Lipinski definition) is 2. The molecule has 9 nitrogen and oxygen atoms in total. The molecule has 1 aliphatic rings. The molecule has 0 saturated carbocycles.